The minimum absolute atomic E-state index is 0.0429. The molecular formula is C10H17N3O2S. The summed E-state index contributed by atoms with van der Waals surface area (Å²) in [6, 6.07) is 0. The standard InChI is InChI=1S/C10H17N3O2S/c1-10(2,3)8-12-9(16-13-8)11-6-5-7(14)15-4/h5-6H2,1-4H3,(H,11,12,13). The lowest BCUT2D eigenvalue weighted by Crippen LogP contribution is -2.14. The highest BCUT2D eigenvalue weighted by Crippen LogP contribution is 2.22. The summed E-state index contributed by atoms with van der Waals surface area (Å²) < 4.78 is 8.79. The van der Waals surface area contributed by atoms with E-state index in [0.717, 1.165) is 11.0 Å². The van der Waals surface area contributed by atoms with Gasteiger partial charge in [0.25, 0.3) is 0 Å². The van der Waals surface area contributed by atoms with Crippen LogP contribution in [0, 0.1) is 0 Å². The van der Waals surface area contributed by atoms with Gasteiger partial charge in [0, 0.05) is 23.5 Å². The van der Waals surface area contributed by atoms with E-state index in [1.165, 1.54) is 18.6 Å². The maximum atomic E-state index is 10.9. The molecule has 0 radical (unpaired) electrons. The van der Waals surface area contributed by atoms with Crippen LogP contribution in [0.4, 0.5) is 5.13 Å². The molecule has 0 aliphatic rings. The molecule has 0 aromatic carbocycles. The van der Waals surface area contributed by atoms with Gasteiger partial charge >= 0.3 is 5.97 Å². The fourth-order valence-corrected chi connectivity index (χ4v) is 1.76. The van der Waals surface area contributed by atoms with Crippen molar-refractivity contribution in [2.24, 2.45) is 0 Å². The smallest absolute Gasteiger partial charge is 0.307 e. The summed E-state index contributed by atoms with van der Waals surface area (Å²) in [5.74, 6) is 0.589. The van der Waals surface area contributed by atoms with E-state index in [-0.39, 0.29) is 11.4 Å². The van der Waals surface area contributed by atoms with Gasteiger partial charge in [0.05, 0.1) is 13.5 Å². The first kappa shape index (κ1) is 12.9. The van der Waals surface area contributed by atoms with Gasteiger partial charge in [-0.15, -0.1) is 0 Å². The van der Waals surface area contributed by atoms with E-state index in [1.54, 1.807) is 0 Å². The summed E-state index contributed by atoms with van der Waals surface area (Å²) in [4.78, 5) is 15.2. The van der Waals surface area contributed by atoms with Gasteiger partial charge in [-0.05, 0) is 0 Å². The number of carbonyl (C=O) groups is 1. The van der Waals surface area contributed by atoms with Crippen LogP contribution < -0.4 is 5.32 Å². The molecule has 90 valence electrons. The maximum Gasteiger partial charge on any atom is 0.307 e. The zero-order chi connectivity index (χ0) is 12.2. The van der Waals surface area contributed by atoms with Crippen molar-refractivity contribution in [1.29, 1.82) is 0 Å². The number of ether oxygens (including phenoxy) is 1. The second-order valence-corrected chi connectivity index (χ2v) is 5.18. The quantitative estimate of drug-likeness (QED) is 0.817. The molecule has 1 N–H and O–H groups in total. The van der Waals surface area contributed by atoms with Crippen LogP contribution in [0.3, 0.4) is 0 Å². The maximum absolute atomic E-state index is 10.9. The number of nitrogens with zero attached hydrogens (tertiary/aromatic N) is 2. The predicted molar refractivity (Wildman–Crippen MR) is 63.7 cm³/mol. The molecule has 0 spiro atoms. The Kier molecular flexibility index (Phi) is 4.23. The van der Waals surface area contributed by atoms with Gasteiger partial charge in [0.1, 0.15) is 5.82 Å². The molecule has 0 saturated carbocycles. The van der Waals surface area contributed by atoms with Crippen molar-refractivity contribution in [2.45, 2.75) is 32.6 Å². The van der Waals surface area contributed by atoms with Crippen LogP contribution in [-0.4, -0.2) is 29.0 Å². The second kappa shape index (κ2) is 5.25. The van der Waals surface area contributed by atoms with Gasteiger partial charge in [0.2, 0.25) is 5.13 Å². The zero-order valence-corrected chi connectivity index (χ0v) is 10.8. The molecule has 0 saturated heterocycles. The average Bonchev–Trinajstić information content (AvgIpc) is 2.65. The Morgan fingerprint density at radius 1 is 1.50 bits per heavy atom. The molecule has 0 bridgehead atoms. The molecule has 1 heterocycles. The Labute approximate surface area is 99.4 Å². The number of rotatable bonds is 4. The van der Waals surface area contributed by atoms with Crippen molar-refractivity contribution in [2.75, 3.05) is 19.0 Å². The summed E-state index contributed by atoms with van der Waals surface area (Å²) >= 11 is 1.31. The van der Waals surface area contributed by atoms with E-state index < -0.39 is 0 Å². The Balaban J connectivity index is 2.44. The molecule has 5 nitrogen and oxygen atoms in total. The lowest BCUT2D eigenvalue weighted by Gasteiger charge is -2.12. The number of anilines is 1. The van der Waals surface area contributed by atoms with Crippen LogP contribution in [0.25, 0.3) is 0 Å². The van der Waals surface area contributed by atoms with Gasteiger partial charge in [-0.2, -0.15) is 4.37 Å². The minimum atomic E-state index is -0.229. The van der Waals surface area contributed by atoms with E-state index in [0.29, 0.717) is 13.0 Å². The van der Waals surface area contributed by atoms with Crippen LogP contribution >= 0.6 is 11.5 Å². The molecule has 16 heavy (non-hydrogen) atoms. The first-order chi connectivity index (χ1) is 7.43. The summed E-state index contributed by atoms with van der Waals surface area (Å²) in [5.41, 5.74) is -0.0429. The SMILES string of the molecule is COC(=O)CCNc1nc(C(C)(C)C)ns1. The van der Waals surface area contributed by atoms with Gasteiger partial charge in [-0.25, -0.2) is 4.98 Å². The summed E-state index contributed by atoms with van der Waals surface area (Å²) in [7, 11) is 1.38. The topological polar surface area (TPSA) is 64.1 Å². The lowest BCUT2D eigenvalue weighted by molar-refractivity contribution is -0.140. The Hall–Kier alpha value is -1.17. The van der Waals surface area contributed by atoms with Crippen LogP contribution in [0.2, 0.25) is 0 Å². The number of aromatic nitrogens is 2. The van der Waals surface area contributed by atoms with Gasteiger partial charge in [-0.3, -0.25) is 4.79 Å². The fraction of sp³-hybridized carbons (Fsp3) is 0.700. The molecule has 0 fully saturated rings. The van der Waals surface area contributed by atoms with Crippen molar-refractivity contribution < 1.29 is 9.53 Å². The highest BCUT2D eigenvalue weighted by Gasteiger charge is 2.19. The third kappa shape index (κ3) is 3.77. The molecule has 1 rings (SSSR count). The third-order valence-corrected chi connectivity index (χ3v) is 2.60. The largest absolute Gasteiger partial charge is 0.469 e. The molecule has 0 unspecified atom stereocenters. The Bertz CT molecular complexity index is 357. The number of nitrogens with one attached hydrogen (secondary N) is 1. The van der Waals surface area contributed by atoms with Crippen LogP contribution in [0.15, 0.2) is 0 Å². The van der Waals surface area contributed by atoms with E-state index in [4.69, 9.17) is 0 Å². The van der Waals surface area contributed by atoms with Crippen molar-refractivity contribution >= 4 is 22.6 Å². The van der Waals surface area contributed by atoms with Gasteiger partial charge < -0.3 is 10.1 Å². The molecule has 1 aromatic heterocycles. The van der Waals surface area contributed by atoms with E-state index >= 15 is 0 Å². The summed E-state index contributed by atoms with van der Waals surface area (Å²) in [6.45, 7) is 6.71. The molecule has 6 heteroatoms. The third-order valence-electron chi connectivity index (χ3n) is 1.93. The lowest BCUT2D eigenvalue weighted by atomic mass is 9.96. The Morgan fingerprint density at radius 3 is 2.69 bits per heavy atom. The van der Waals surface area contributed by atoms with Crippen LogP contribution in [0.5, 0.6) is 0 Å². The number of methoxy groups -OCH3 is 1. The average molecular weight is 243 g/mol. The van der Waals surface area contributed by atoms with Crippen LogP contribution in [-0.2, 0) is 14.9 Å². The predicted octanol–water partition coefficient (Wildman–Crippen LogP) is 1.81. The first-order valence-electron chi connectivity index (χ1n) is 5.08. The van der Waals surface area contributed by atoms with Gasteiger partial charge in [0.15, 0.2) is 0 Å². The highest BCUT2D eigenvalue weighted by molar-refractivity contribution is 7.09. The monoisotopic (exact) mass is 243 g/mol. The molecule has 0 amide bonds. The molecule has 0 atom stereocenters. The molecular weight excluding hydrogens is 226 g/mol. The fourth-order valence-electron chi connectivity index (χ4n) is 0.973. The van der Waals surface area contributed by atoms with Gasteiger partial charge in [-0.1, -0.05) is 20.8 Å². The normalized spacial score (nSPS) is 11.2. The minimum Gasteiger partial charge on any atom is -0.469 e. The van der Waals surface area contributed by atoms with Crippen molar-refractivity contribution in [3.63, 3.8) is 0 Å². The number of esters is 1. The first-order valence-corrected chi connectivity index (χ1v) is 5.85. The Morgan fingerprint density at radius 2 is 2.19 bits per heavy atom. The molecule has 1 aromatic rings. The van der Waals surface area contributed by atoms with E-state index in [9.17, 15) is 4.79 Å². The number of carbonyl (C=O) groups excluding carboxylic acids is 1. The summed E-state index contributed by atoms with van der Waals surface area (Å²) in [5, 5.41) is 3.79. The van der Waals surface area contributed by atoms with Crippen molar-refractivity contribution in [1.82, 2.24) is 9.36 Å². The van der Waals surface area contributed by atoms with E-state index in [2.05, 4.69) is 40.2 Å². The molecule has 0 aliphatic carbocycles. The van der Waals surface area contributed by atoms with Crippen molar-refractivity contribution in [3.05, 3.63) is 5.82 Å². The summed E-state index contributed by atoms with van der Waals surface area (Å²) in [6.07, 6.45) is 0.334. The van der Waals surface area contributed by atoms with Crippen molar-refractivity contribution in [3.8, 4) is 0 Å². The van der Waals surface area contributed by atoms with E-state index in [1.807, 2.05) is 0 Å². The highest BCUT2D eigenvalue weighted by atomic mass is 32.1. The second-order valence-electron chi connectivity index (χ2n) is 4.43. The number of hydrogen-bond donors (Lipinski definition) is 1. The zero-order valence-electron chi connectivity index (χ0n) is 10.0. The molecule has 0 aliphatic heterocycles. The number of hydrogen-bond acceptors (Lipinski definition) is 6. The van der Waals surface area contributed by atoms with Crippen LogP contribution in [0.1, 0.15) is 33.0 Å².